The summed E-state index contributed by atoms with van der Waals surface area (Å²) >= 11 is 0. The maximum Gasteiger partial charge on any atom is 0.0580 e. The highest BCUT2D eigenvalue weighted by atomic mass is 16.3. The van der Waals surface area contributed by atoms with E-state index in [9.17, 15) is 5.11 Å². The minimum Gasteiger partial charge on any atom is -0.393 e. The molecule has 100 valence electrons. The molecule has 1 heterocycles. The zero-order chi connectivity index (χ0) is 12.3. The standard InChI is InChI=1S/C15H29NO/c1-15(2)8-5-10-16(11-9-15)12-13-6-3-4-7-14(13)17/h13-14,17H,3-12H2,1-2H3. The fourth-order valence-corrected chi connectivity index (χ4v) is 3.39. The zero-order valence-corrected chi connectivity index (χ0v) is 11.6. The molecule has 2 aliphatic rings. The van der Waals surface area contributed by atoms with E-state index in [1.165, 1.54) is 51.6 Å². The van der Waals surface area contributed by atoms with Crippen LogP contribution in [-0.4, -0.2) is 35.7 Å². The Morgan fingerprint density at radius 2 is 1.82 bits per heavy atom. The summed E-state index contributed by atoms with van der Waals surface area (Å²) in [6.07, 6.45) is 8.79. The summed E-state index contributed by atoms with van der Waals surface area (Å²) in [6.45, 7) is 8.40. The van der Waals surface area contributed by atoms with E-state index < -0.39 is 0 Å². The molecule has 2 rings (SSSR count). The highest BCUT2D eigenvalue weighted by Crippen LogP contribution is 2.31. The summed E-state index contributed by atoms with van der Waals surface area (Å²) in [5, 5.41) is 10.0. The van der Waals surface area contributed by atoms with Crippen LogP contribution in [0.15, 0.2) is 0 Å². The second kappa shape index (κ2) is 5.71. The highest BCUT2D eigenvalue weighted by molar-refractivity contribution is 4.81. The van der Waals surface area contributed by atoms with Gasteiger partial charge in [-0.1, -0.05) is 26.7 Å². The average Bonchev–Trinajstić information content (AvgIpc) is 2.44. The number of aliphatic hydroxyl groups is 1. The van der Waals surface area contributed by atoms with Gasteiger partial charge in [0.2, 0.25) is 0 Å². The predicted octanol–water partition coefficient (Wildman–Crippen LogP) is 3.05. The first kappa shape index (κ1) is 13.4. The third-order valence-electron chi connectivity index (χ3n) is 4.79. The normalized spacial score (nSPS) is 35.5. The lowest BCUT2D eigenvalue weighted by atomic mass is 9.85. The second-order valence-electron chi connectivity index (χ2n) is 6.93. The summed E-state index contributed by atoms with van der Waals surface area (Å²) in [4.78, 5) is 2.61. The van der Waals surface area contributed by atoms with Gasteiger partial charge in [-0.25, -0.2) is 0 Å². The number of nitrogens with zero attached hydrogens (tertiary/aromatic N) is 1. The quantitative estimate of drug-likeness (QED) is 0.800. The fourth-order valence-electron chi connectivity index (χ4n) is 3.39. The van der Waals surface area contributed by atoms with Gasteiger partial charge in [-0.05, 0) is 56.5 Å². The van der Waals surface area contributed by atoms with Crippen molar-refractivity contribution in [2.75, 3.05) is 19.6 Å². The molecule has 2 atom stereocenters. The number of hydrogen-bond acceptors (Lipinski definition) is 2. The Kier molecular flexibility index (Phi) is 4.48. The Labute approximate surface area is 106 Å². The molecule has 2 unspecified atom stereocenters. The molecule has 1 N–H and O–H groups in total. The molecule has 0 amide bonds. The van der Waals surface area contributed by atoms with Crippen molar-refractivity contribution in [3.05, 3.63) is 0 Å². The lowest BCUT2D eigenvalue weighted by molar-refractivity contribution is 0.0466. The fraction of sp³-hybridized carbons (Fsp3) is 1.00. The summed E-state index contributed by atoms with van der Waals surface area (Å²) in [5.74, 6) is 0.546. The maximum atomic E-state index is 10.0. The van der Waals surface area contributed by atoms with Gasteiger partial charge >= 0.3 is 0 Å². The number of likely N-dealkylation sites (tertiary alicyclic amines) is 1. The molecular weight excluding hydrogens is 210 g/mol. The molecule has 0 radical (unpaired) electrons. The van der Waals surface area contributed by atoms with Crippen LogP contribution >= 0.6 is 0 Å². The zero-order valence-electron chi connectivity index (χ0n) is 11.6. The van der Waals surface area contributed by atoms with Crippen molar-refractivity contribution in [2.24, 2.45) is 11.3 Å². The number of aliphatic hydroxyl groups excluding tert-OH is 1. The van der Waals surface area contributed by atoms with Crippen LogP contribution in [0, 0.1) is 11.3 Å². The van der Waals surface area contributed by atoms with E-state index in [0.29, 0.717) is 11.3 Å². The lowest BCUT2D eigenvalue weighted by Crippen LogP contribution is -2.37. The van der Waals surface area contributed by atoms with E-state index in [4.69, 9.17) is 0 Å². The van der Waals surface area contributed by atoms with Crippen molar-refractivity contribution >= 4 is 0 Å². The molecule has 0 aromatic rings. The van der Waals surface area contributed by atoms with E-state index in [-0.39, 0.29) is 6.10 Å². The molecule has 1 aliphatic heterocycles. The van der Waals surface area contributed by atoms with Crippen LogP contribution in [0.3, 0.4) is 0 Å². The summed E-state index contributed by atoms with van der Waals surface area (Å²) in [5.41, 5.74) is 0.528. The topological polar surface area (TPSA) is 23.5 Å². The van der Waals surface area contributed by atoms with Gasteiger partial charge in [0.25, 0.3) is 0 Å². The number of rotatable bonds is 2. The Hall–Kier alpha value is -0.0800. The van der Waals surface area contributed by atoms with Gasteiger partial charge in [-0.3, -0.25) is 0 Å². The molecule has 2 nitrogen and oxygen atoms in total. The van der Waals surface area contributed by atoms with Crippen LogP contribution in [0.1, 0.15) is 58.8 Å². The van der Waals surface area contributed by atoms with Crippen LogP contribution in [-0.2, 0) is 0 Å². The third kappa shape index (κ3) is 3.96. The van der Waals surface area contributed by atoms with Gasteiger partial charge in [-0.15, -0.1) is 0 Å². The largest absolute Gasteiger partial charge is 0.393 e. The van der Waals surface area contributed by atoms with Gasteiger partial charge in [0, 0.05) is 6.54 Å². The highest BCUT2D eigenvalue weighted by Gasteiger charge is 2.28. The van der Waals surface area contributed by atoms with Crippen LogP contribution in [0.25, 0.3) is 0 Å². The van der Waals surface area contributed by atoms with Crippen molar-refractivity contribution in [2.45, 2.75) is 64.9 Å². The smallest absolute Gasteiger partial charge is 0.0580 e. The van der Waals surface area contributed by atoms with E-state index in [2.05, 4.69) is 18.7 Å². The van der Waals surface area contributed by atoms with E-state index in [1.807, 2.05) is 0 Å². The second-order valence-corrected chi connectivity index (χ2v) is 6.93. The molecular formula is C15H29NO. The molecule has 1 aliphatic carbocycles. The van der Waals surface area contributed by atoms with Crippen LogP contribution in [0.5, 0.6) is 0 Å². The molecule has 1 saturated carbocycles. The molecule has 0 aromatic heterocycles. The Morgan fingerprint density at radius 3 is 2.59 bits per heavy atom. The summed E-state index contributed by atoms with van der Waals surface area (Å²) < 4.78 is 0. The predicted molar refractivity (Wildman–Crippen MR) is 72.0 cm³/mol. The third-order valence-corrected chi connectivity index (χ3v) is 4.79. The molecule has 2 heteroatoms. The van der Waals surface area contributed by atoms with E-state index in [0.717, 1.165) is 13.0 Å². The molecule has 17 heavy (non-hydrogen) atoms. The van der Waals surface area contributed by atoms with Gasteiger partial charge in [0.15, 0.2) is 0 Å². The molecule has 0 bridgehead atoms. The van der Waals surface area contributed by atoms with Crippen LogP contribution < -0.4 is 0 Å². The van der Waals surface area contributed by atoms with Crippen molar-refractivity contribution in [1.82, 2.24) is 4.90 Å². The van der Waals surface area contributed by atoms with Crippen molar-refractivity contribution in [3.63, 3.8) is 0 Å². The van der Waals surface area contributed by atoms with Crippen molar-refractivity contribution < 1.29 is 5.11 Å². The maximum absolute atomic E-state index is 10.0. The Morgan fingerprint density at radius 1 is 1.06 bits per heavy atom. The molecule has 0 aromatic carbocycles. The monoisotopic (exact) mass is 239 g/mol. The molecule has 0 spiro atoms. The summed E-state index contributed by atoms with van der Waals surface area (Å²) in [6, 6.07) is 0. The Balaban J connectivity index is 1.82. The van der Waals surface area contributed by atoms with Crippen molar-refractivity contribution in [1.29, 1.82) is 0 Å². The van der Waals surface area contributed by atoms with E-state index >= 15 is 0 Å². The number of hydrogen-bond donors (Lipinski definition) is 1. The van der Waals surface area contributed by atoms with Gasteiger partial charge in [0.05, 0.1) is 6.10 Å². The average molecular weight is 239 g/mol. The first-order valence-electron chi connectivity index (χ1n) is 7.47. The van der Waals surface area contributed by atoms with Crippen LogP contribution in [0.4, 0.5) is 0 Å². The lowest BCUT2D eigenvalue weighted by Gasteiger charge is -2.32. The molecule has 2 fully saturated rings. The van der Waals surface area contributed by atoms with E-state index in [1.54, 1.807) is 0 Å². The van der Waals surface area contributed by atoms with Gasteiger partial charge in [-0.2, -0.15) is 0 Å². The first-order chi connectivity index (χ1) is 8.07. The summed E-state index contributed by atoms with van der Waals surface area (Å²) in [7, 11) is 0. The minimum atomic E-state index is -0.0278. The van der Waals surface area contributed by atoms with Crippen molar-refractivity contribution in [3.8, 4) is 0 Å². The Bertz CT molecular complexity index is 239. The van der Waals surface area contributed by atoms with Gasteiger partial charge in [0.1, 0.15) is 0 Å². The minimum absolute atomic E-state index is 0.0278. The molecule has 1 saturated heterocycles. The SMILES string of the molecule is CC1(C)CCCN(CC2CCCCC2O)CC1. The van der Waals surface area contributed by atoms with Gasteiger partial charge < -0.3 is 10.0 Å². The first-order valence-corrected chi connectivity index (χ1v) is 7.47. The van der Waals surface area contributed by atoms with Crippen LogP contribution in [0.2, 0.25) is 0 Å².